The molecule has 0 heterocycles. The van der Waals surface area contributed by atoms with Crippen molar-refractivity contribution in [3.63, 3.8) is 0 Å². The molecule has 1 aliphatic carbocycles. The highest BCUT2D eigenvalue weighted by molar-refractivity contribution is 4.70. The summed E-state index contributed by atoms with van der Waals surface area (Å²) in [6, 6.07) is 0. The molecule has 0 radical (unpaired) electrons. The van der Waals surface area contributed by atoms with E-state index in [9.17, 15) is 0 Å². The second kappa shape index (κ2) is 4.80. The molecule has 1 N–H and O–H groups in total. The van der Waals surface area contributed by atoms with Gasteiger partial charge in [0.25, 0.3) is 0 Å². The molecule has 0 amide bonds. The quantitative estimate of drug-likeness (QED) is 0.533. The molecule has 0 aromatic heterocycles. The molecule has 1 rings (SSSR count). The summed E-state index contributed by atoms with van der Waals surface area (Å²) in [7, 11) is 0. The molecule has 1 fully saturated rings. The summed E-state index contributed by atoms with van der Waals surface area (Å²) >= 11 is 0. The van der Waals surface area contributed by atoms with Crippen molar-refractivity contribution < 1.29 is 5.11 Å². The van der Waals surface area contributed by atoms with Crippen molar-refractivity contribution in [2.75, 3.05) is 0 Å². The van der Waals surface area contributed by atoms with E-state index in [-0.39, 0.29) is 6.10 Å². The van der Waals surface area contributed by atoms with Gasteiger partial charge in [0, 0.05) is 0 Å². The molecule has 0 aromatic carbocycles. The van der Waals surface area contributed by atoms with E-state index in [1.54, 1.807) is 0 Å². The maximum atomic E-state index is 8.90. The van der Waals surface area contributed by atoms with Crippen molar-refractivity contribution in [1.82, 2.24) is 0 Å². The standard InChI is InChI=1S/C6H12O.C2H6/c1-5-2-3-6(7)4-5;1-2/h5-7H,2-4H2,1H3;1-2H3/t5-,6-;/m1./s1. The topological polar surface area (TPSA) is 20.2 Å². The fraction of sp³-hybridized carbons (Fsp3) is 1.00. The Morgan fingerprint density at radius 1 is 1.22 bits per heavy atom. The molecule has 56 valence electrons. The maximum absolute atomic E-state index is 8.90. The van der Waals surface area contributed by atoms with Crippen LogP contribution in [0.4, 0.5) is 0 Å². The van der Waals surface area contributed by atoms with Crippen molar-refractivity contribution in [2.45, 2.75) is 46.1 Å². The molecule has 1 saturated carbocycles. The van der Waals surface area contributed by atoms with Gasteiger partial charge in [0.05, 0.1) is 6.10 Å². The summed E-state index contributed by atoms with van der Waals surface area (Å²) in [6.45, 7) is 6.19. The van der Waals surface area contributed by atoms with E-state index < -0.39 is 0 Å². The Balaban J connectivity index is 0.000000291. The molecule has 0 aromatic rings. The highest BCUT2D eigenvalue weighted by Crippen LogP contribution is 2.23. The summed E-state index contributed by atoms with van der Waals surface area (Å²) in [4.78, 5) is 0. The normalized spacial score (nSPS) is 33.3. The molecule has 0 aliphatic heterocycles. The van der Waals surface area contributed by atoms with E-state index in [0.29, 0.717) is 0 Å². The Labute approximate surface area is 58.1 Å². The molecular weight excluding hydrogens is 112 g/mol. The van der Waals surface area contributed by atoms with Crippen LogP contribution in [0.25, 0.3) is 0 Å². The van der Waals surface area contributed by atoms with Gasteiger partial charge in [-0.1, -0.05) is 20.8 Å². The third-order valence-electron chi connectivity index (χ3n) is 1.67. The Morgan fingerprint density at radius 3 is 1.89 bits per heavy atom. The van der Waals surface area contributed by atoms with E-state index >= 15 is 0 Å². The van der Waals surface area contributed by atoms with Gasteiger partial charge in [0.1, 0.15) is 0 Å². The summed E-state index contributed by atoms with van der Waals surface area (Å²) < 4.78 is 0. The first-order chi connectivity index (χ1) is 4.29. The number of aliphatic hydroxyl groups excluding tert-OH is 1. The first-order valence-electron chi connectivity index (χ1n) is 3.97. The van der Waals surface area contributed by atoms with Crippen LogP contribution < -0.4 is 0 Å². The average Bonchev–Trinajstić information content (AvgIpc) is 2.20. The van der Waals surface area contributed by atoms with Gasteiger partial charge in [-0.3, -0.25) is 0 Å². The van der Waals surface area contributed by atoms with Gasteiger partial charge in [0.15, 0.2) is 0 Å². The maximum Gasteiger partial charge on any atom is 0.0542 e. The SMILES string of the molecule is CC.C[C@@H]1CC[C@@H](O)C1. The lowest BCUT2D eigenvalue weighted by Crippen LogP contribution is -1.97. The molecule has 0 unspecified atom stereocenters. The van der Waals surface area contributed by atoms with Crippen LogP contribution in [0, 0.1) is 5.92 Å². The second-order valence-corrected chi connectivity index (χ2v) is 2.57. The van der Waals surface area contributed by atoms with Crippen LogP contribution in [0.3, 0.4) is 0 Å². The fourth-order valence-electron chi connectivity index (χ4n) is 1.18. The van der Waals surface area contributed by atoms with Crippen LogP contribution in [0.1, 0.15) is 40.0 Å². The molecular formula is C8H18O. The summed E-state index contributed by atoms with van der Waals surface area (Å²) in [5.74, 6) is 0.773. The Kier molecular flexibility index (Phi) is 4.78. The lowest BCUT2D eigenvalue weighted by atomic mass is 10.1. The number of aliphatic hydroxyl groups is 1. The molecule has 1 heteroatoms. The Morgan fingerprint density at radius 2 is 1.78 bits per heavy atom. The minimum atomic E-state index is 0.0231. The van der Waals surface area contributed by atoms with Crippen molar-refractivity contribution >= 4 is 0 Å². The number of hydrogen-bond donors (Lipinski definition) is 1. The predicted octanol–water partition coefficient (Wildman–Crippen LogP) is 2.19. The van der Waals surface area contributed by atoms with Gasteiger partial charge in [-0.05, 0) is 25.2 Å². The van der Waals surface area contributed by atoms with Gasteiger partial charge in [-0.2, -0.15) is 0 Å². The largest absolute Gasteiger partial charge is 0.393 e. The van der Waals surface area contributed by atoms with Crippen LogP contribution in [0.15, 0.2) is 0 Å². The zero-order chi connectivity index (χ0) is 7.28. The fourth-order valence-corrected chi connectivity index (χ4v) is 1.18. The first kappa shape index (κ1) is 8.96. The van der Waals surface area contributed by atoms with Gasteiger partial charge in [0.2, 0.25) is 0 Å². The van der Waals surface area contributed by atoms with Crippen molar-refractivity contribution in [3.05, 3.63) is 0 Å². The van der Waals surface area contributed by atoms with E-state index in [4.69, 9.17) is 5.11 Å². The summed E-state index contributed by atoms with van der Waals surface area (Å²) in [5.41, 5.74) is 0. The second-order valence-electron chi connectivity index (χ2n) is 2.57. The molecule has 0 bridgehead atoms. The minimum Gasteiger partial charge on any atom is -0.393 e. The lowest BCUT2D eigenvalue weighted by Gasteiger charge is -1.95. The predicted molar refractivity (Wildman–Crippen MR) is 40.4 cm³/mol. The van der Waals surface area contributed by atoms with Crippen LogP contribution in [0.5, 0.6) is 0 Å². The minimum absolute atomic E-state index is 0.0231. The molecule has 0 saturated heterocycles. The lowest BCUT2D eigenvalue weighted by molar-refractivity contribution is 0.179. The third-order valence-corrected chi connectivity index (χ3v) is 1.67. The smallest absolute Gasteiger partial charge is 0.0542 e. The molecule has 1 nitrogen and oxygen atoms in total. The van der Waals surface area contributed by atoms with Crippen molar-refractivity contribution in [3.8, 4) is 0 Å². The van der Waals surface area contributed by atoms with Crippen molar-refractivity contribution in [1.29, 1.82) is 0 Å². The van der Waals surface area contributed by atoms with Crippen LogP contribution in [0.2, 0.25) is 0 Å². The molecule has 2 atom stereocenters. The molecule has 1 aliphatic rings. The average molecular weight is 130 g/mol. The summed E-state index contributed by atoms with van der Waals surface area (Å²) in [5, 5.41) is 8.90. The zero-order valence-electron chi connectivity index (χ0n) is 6.72. The first-order valence-corrected chi connectivity index (χ1v) is 3.97. The summed E-state index contributed by atoms with van der Waals surface area (Å²) in [6.07, 6.45) is 3.30. The Bertz CT molecular complexity index is 53.6. The monoisotopic (exact) mass is 130 g/mol. The van der Waals surface area contributed by atoms with Gasteiger partial charge >= 0.3 is 0 Å². The highest BCUT2D eigenvalue weighted by atomic mass is 16.3. The molecule has 0 spiro atoms. The Hall–Kier alpha value is -0.0400. The zero-order valence-corrected chi connectivity index (χ0v) is 6.72. The van der Waals surface area contributed by atoms with Gasteiger partial charge in [-0.25, -0.2) is 0 Å². The number of hydrogen-bond acceptors (Lipinski definition) is 1. The highest BCUT2D eigenvalue weighted by Gasteiger charge is 2.17. The molecule has 9 heavy (non-hydrogen) atoms. The van der Waals surface area contributed by atoms with Crippen LogP contribution in [-0.2, 0) is 0 Å². The van der Waals surface area contributed by atoms with Gasteiger partial charge in [-0.15, -0.1) is 0 Å². The number of rotatable bonds is 0. The third kappa shape index (κ3) is 3.52. The van der Waals surface area contributed by atoms with E-state index in [2.05, 4.69) is 6.92 Å². The van der Waals surface area contributed by atoms with Crippen molar-refractivity contribution in [2.24, 2.45) is 5.92 Å². The van der Waals surface area contributed by atoms with Crippen LogP contribution in [-0.4, -0.2) is 11.2 Å². The van der Waals surface area contributed by atoms with Crippen LogP contribution >= 0.6 is 0 Å². The van der Waals surface area contributed by atoms with E-state index in [0.717, 1.165) is 18.8 Å². The van der Waals surface area contributed by atoms with E-state index in [1.165, 1.54) is 6.42 Å². The van der Waals surface area contributed by atoms with Gasteiger partial charge < -0.3 is 5.11 Å². The van der Waals surface area contributed by atoms with E-state index in [1.807, 2.05) is 13.8 Å².